The molecule has 1 aliphatic heterocycles. The van der Waals surface area contributed by atoms with Gasteiger partial charge in [0.2, 0.25) is 0 Å². The van der Waals surface area contributed by atoms with E-state index in [1.54, 1.807) is 6.20 Å². The smallest absolute Gasteiger partial charge is 0.358 e. The van der Waals surface area contributed by atoms with Crippen molar-refractivity contribution in [2.24, 2.45) is 4.99 Å². The molecule has 2 rings (SSSR count). The Morgan fingerprint density at radius 2 is 2.19 bits per heavy atom. The Morgan fingerprint density at radius 1 is 1.44 bits per heavy atom. The fraction of sp³-hybridized carbons (Fsp3) is 0.722. The van der Waals surface area contributed by atoms with E-state index in [9.17, 15) is 4.79 Å². The standard InChI is InChI=1S/C18H32N4O4S/c1-14-12-25-8-7-21(14)15(2)20-16-11-19-22(17(16)18(23)24-3)13-26-9-10-27(4,5)6/h11,14H,7-10,12-13H2,1-6H3/t14-/m1/s1. The Hall–Kier alpha value is -1.58. The summed E-state index contributed by atoms with van der Waals surface area (Å²) in [5.41, 5.74) is 0.795. The number of amidine groups is 1. The SMILES string of the molecule is COC(=O)c1c(N=C(C)N2CCOC[C@H]2C)cnn1COCCS(C)(C)C. The predicted octanol–water partition coefficient (Wildman–Crippen LogP) is 2.11. The molecular weight excluding hydrogens is 368 g/mol. The van der Waals surface area contributed by atoms with Crippen LogP contribution in [-0.2, 0) is 20.9 Å². The lowest BCUT2D eigenvalue weighted by atomic mass is 10.2. The van der Waals surface area contributed by atoms with Crippen molar-refractivity contribution in [2.75, 3.05) is 58.0 Å². The summed E-state index contributed by atoms with van der Waals surface area (Å²) in [7, 11) is 0.733. The van der Waals surface area contributed by atoms with E-state index < -0.39 is 16.0 Å². The van der Waals surface area contributed by atoms with Gasteiger partial charge >= 0.3 is 5.97 Å². The first-order chi connectivity index (χ1) is 12.7. The largest absolute Gasteiger partial charge is 0.464 e. The number of rotatable bonds is 7. The van der Waals surface area contributed by atoms with Crippen LogP contribution in [0.15, 0.2) is 11.2 Å². The van der Waals surface area contributed by atoms with E-state index in [1.807, 2.05) is 6.92 Å². The molecule has 0 N–H and O–H groups in total. The Bertz CT molecular complexity index is 669. The highest BCUT2D eigenvalue weighted by Gasteiger charge is 2.23. The van der Waals surface area contributed by atoms with Crippen molar-refractivity contribution in [1.82, 2.24) is 14.7 Å². The quantitative estimate of drug-likeness (QED) is 0.302. The third-order valence-corrected chi connectivity index (χ3v) is 5.71. The summed E-state index contributed by atoms with van der Waals surface area (Å²) in [6, 6.07) is 0.238. The summed E-state index contributed by atoms with van der Waals surface area (Å²) >= 11 is 0. The number of esters is 1. The van der Waals surface area contributed by atoms with E-state index in [0.29, 0.717) is 31.2 Å². The van der Waals surface area contributed by atoms with Gasteiger partial charge in [-0.3, -0.25) is 0 Å². The summed E-state index contributed by atoms with van der Waals surface area (Å²) in [6.45, 7) is 6.96. The van der Waals surface area contributed by atoms with Crippen molar-refractivity contribution < 1.29 is 19.0 Å². The highest BCUT2D eigenvalue weighted by Crippen LogP contribution is 2.33. The van der Waals surface area contributed by atoms with E-state index in [4.69, 9.17) is 14.2 Å². The molecule has 0 aromatic carbocycles. The Morgan fingerprint density at radius 3 is 2.81 bits per heavy atom. The van der Waals surface area contributed by atoms with Gasteiger partial charge in [0.05, 0.1) is 39.2 Å². The molecule has 0 aliphatic carbocycles. The van der Waals surface area contributed by atoms with Crippen LogP contribution in [0, 0.1) is 0 Å². The molecule has 0 unspecified atom stereocenters. The molecule has 0 spiro atoms. The summed E-state index contributed by atoms with van der Waals surface area (Å²) in [5.74, 6) is 1.35. The van der Waals surface area contributed by atoms with Gasteiger partial charge in [-0.1, -0.05) is 0 Å². The second kappa shape index (κ2) is 9.57. The molecule has 8 nitrogen and oxygen atoms in total. The number of aromatic nitrogens is 2. The zero-order valence-electron chi connectivity index (χ0n) is 17.2. The van der Waals surface area contributed by atoms with Crippen LogP contribution in [0.25, 0.3) is 0 Å². The normalized spacial score (nSPS) is 19.3. The fourth-order valence-corrected chi connectivity index (χ4v) is 3.39. The average Bonchev–Trinajstić information content (AvgIpc) is 3.00. The average molecular weight is 401 g/mol. The van der Waals surface area contributed by atoms with Crippen LogP contribution >= 0.6 is 10.0 Å². The third-order valence-electron chi connectivity index (χ3n) is 4.32. The van der Waals surface area contributed by atoms with Crippen molar-refractivity contribution in [1.29, 1.82) is 0 Å². The molecule has 0 saturated carbocycles. The minimum Gasteiger partial charge on any atom is -0.464 e. The summed E-state index contributed by atoms with van der Waals surface area (Å²) < 4.78 is 17.6. The molecule has 1 fully saturated rings. The topological polar surface area (TPSA) is 78.2 Å². The molecule has 1 atom stereocenters. The molecule has 1 aromatic heterocycles. The number of carbonyl (C=O) groups excluding carboxylic acids is 1. The molecule has 1 aromatic rings. The van der Waals surface area contributed by atoms with Gasteiger partial charge in [-0.15, -0.1) is 0 Å². The van der Waals surface area contributed by atoms with Gasteiger partial charge < -0.3 is 19.1 Å². The van der Waals surface area contributed by atoms with Gasteiger partial charge in [0.15, 0.2) is 5.69 Å². The highest BCUT2D eigenvalue weighted by molar-refractivity contribution is 8.32. The van der Waals surface area contributed by atoms with Crippen LogP contribution in [0.5, 0.6) is 0 Å². The first kappa shape index (κ1) is 21.7. The van der Waals surface area contributed by atoms with Gasteiger partial charge in [-0.25, -0.2) is 24.5 Å². The van der Waals surface area contributed by atoms with Crippen molar-refractivity contribution in [3.05, 3.63) is 11.9 Å². The van der Waals surface area contributed by atoms with Crippen LogP contribution in [0.2, 0.25) is 0 Å². The van der Waals surface area contributed by atoms with Gasteiger partial charge in [-0.05, 0) is 32.6 Å². The van der Waals surface area contributed by atoms with Gasteiger partial charge in [0.25, 0.3) is 0 Å². The summed E-state index contributed by atoms with van der Waals surface area (Å²) in [4.78, 5) is 19.1. The zero-order chi connectivity index (χ0) is 20.0. The molecule has 27 heavy (non-hydrogen) atoms. The first-order valence-electron chi connectivity index (χ1n) is 9.00. The molecule has 1 aliphatic rings. The van der Waals surface area contributed by atoms with E-state index in [1.165, 1.54) is 11.8 Å². The Labute approximate surface area is 163 Å². The van der Waals surface area contributed by atoms with E-state index in [-0.39, 0.29) is 12.8 Å². The number of methoxy groups -OCH3 is 1. The minimum atomic E-state index is -0.622. The lowest BCUT2D eigenvalue weighted by molar-refractivity contribution is 0.0330. The van der Waals surface area contributed by atoms with Crippen LogP contribution < -0.4 is 0 Å². The first-order valence-corrected chi connectivity index (χ1v) is 12.0. The van der Waals surface area contributed by atoms with Gasteiger partial charge in [0, 0.05) is 12.3 Å². The minimum absolute atomic E-state index is 0.197. The molecule has 0 amide bonds. The number of carbonyl (C=O) groups is 1. The molecular formula is C18H32N4O4S. The van der Waals surface area contributed by atoms with Gasteiger partial charge in [-0.2, -0.15) is 5.10 Å². The second-order valence-corrected chi connectivity index (χ2v) is 12.1. The van der Waals surface area contributed by atoms with Crippen molar-refractivity contribution >= 4 is 27.5 Å². The highest BCUT2D eigenvalue weighted by atomic mass is 32.3. The molecule has 9 heteroatoms. The number of hydrogen-bond donors (Lipinski definition) is 0. The number of aliphatic imine (C=N–C) groups is 1. The van der Waals surface area contributed by atoms with Crippen LogP contribution in [0.4, 0.5) is 5.69 Å². The lowest BCUT2D eigenvalue weighted by Crippen LogP contribution is -2.46. The second-order valence-electron chi connectivity index (χ2n) is 7.48. The molecule has 0 radical (unpaired) electrons. The molecule has 154 valence electrons. The van der Waals surface area contributed by atoms with Crippen molar-refractivity contribution in [3.8, 4) is 0 Å². The van der Waals surface area contributed by atoms with E-state index in [2.05, 4.69) is 40.7 Å². The maximum atomic E-state index is 12.3. The maximum absolute atomic E-state index is 12.3. The number of ether oxygens (including phenoxy) is 3. The van der Waals surface area contributed by atoms with Gasteiger partial charge in [0.1, 0.15) is 18.3 Å². The number of hydrogen-bond acceptors (Lipinski definition) is 6. The number of nitrogens with zero attached hydrogens (tertiary/aromatic N) is 4. The monoisotopic (exact) mass is 400 g/mol. The molecule has 2 heterocycles. The third kappa shape index (κ3) is 6.22. The van der Waals surface area contributed by atoms with Crippen LogP contribution in [0.1, 0.15) is 24.3 Å². The predicted molar refractivity (Wildman–Crippen MR) is 110 cm³/mol. The van der Waals surface area contributed by atoms with Crippen molar-refractivity contribution in [2.45, 2.75) is 26.6 Å². The Balaban J connectivity index is 2.15. The fourth-order valence-electron chi connectivity index (χ4n) is 2.77. The Kier molecular flexibility index (Phi) is 7.69. The zero-order valence-corrected chi connectivity index (χ0v) is 18.0. The summed E-state index contributed by atoms with van der Waals surface area (Å²) in [5, 5.41) is 4.28. The molecule has 1 saturated heterocycles. The number of morpholine rings is 1. The summed E-state index contributed by atoms with van der Waals surface area (Å²) in [6.07, 6.45) is 8.31. The maximum Gasteiger partial charge on any atom is 0.358 e. The van der Waals surface area contributed by atoms with E-state index in [0.717, 1.165) is 18.1 Å². The van der Waals surface area contributed by atoms with E-state index >= 15 is 0 Å². The molecule has 0 bridgehead atoms. The van der Waals surface area contributed by atoms with Crippen LogP contribution in [0.3, 0.4) is 0 Å². The van der Waals surface area contributed by atoms with Crippen molar-refractivity contribution in [3.63, 3.8) is 0 Å². The van der Waals surface area contributed by atoms with Crippen LogP contribution in [-0.4, -0.2) is 90.5 Å². The lowest BCUT2D eigenvalue weighted by Gasteiger charge is -2.34.